The predicted octanol–water partition coefficient (Wildman–Crippen LogP) is -2.54. The van der Waals surface area contributed by atoms with Gasteiger partial charge < -0.3 is 26.2 Å². The van der Waals surface area contributed by atoms with E-state index in [1.807, 2.05) is 0 Å². The molecule has 6 heteroatoms. The number of nitrogens with two attached hydrogens (primary N) is 1. The van der Waals surface area contributed by atoms with Crippen molar-refractivity contribution in [3.05, 3.63) is 0 Å². The highest BCUT2D eigenvalue weighted by Gasteiger charge is 2.41. The van der Waals surface area contributed by atoms with Gasteiger partial charge in [0.05, 0.1) is 23.3 Å². The number of hydrogen-bond donors (Lipinski definition) is 5. The van der Waals surface area contributed by atoms with Crippen LogP contribution in [-0.2, 0) is 0 Å². The highest BCUT2D eigenvalue weighted by Crippen LogP contribution is 2.29. The van der Waals surface area contributed by atoms with Crippen LogP contribution in [0, 0.1) is 0 Å². The van der Waals surface area contributed by atoms with Gasteiger partial charge >= 0.3 is 0 Å². The van der Waals surface area contributed by atoms with Crippen molar-refractivity contribution in [1.82, 2.24) is 0 Å². The van der Waals surface area contributed by atoms with E-state index >= 15 is 0 Å². The van der Waals surface area contributed by atoms with Crippen molar-refractivity contribution in [2.75, 3.05) is 6.61 Å². The monoisotopic (exact) mass is 195 g/mol. The van der Waals surface area contributed by atoms with Gasteiger partial charge in [-0.1, -0.05) is 0 Å². The van der Waals surface area contributed by atoms with Crippen LogP contribution in [0.4, 0.5) is 0 Å². The van der Waals surface area contributed by atoms with E-state index in [2.05, 4.69) is 0 Å². The standard InChI is InChI=1S/C6H13NO4S/c7-6-5(11)4(10)3(9)2(1-8)12-6/h2-6,8-11H,1,7H2/t2-,3-,4+,5+,6?/m1/s1. The third kappa shape index (κ3) is 1.73. The van der Waals surface area contributed by atoms with Gasteiger partial charge in [-0.2, -0.15) is 0 Å². The summed E-state index contributed by atoms with van der Waals surface area (Å²) in [5.41, 5.74) is 5.43. The zero-order chi connectivity index (χ0) is 9.30. The van der Waals surface area contributed by atoms with Crippen molar-refractivity contribution in [1.29, 1.82) is 0 Å². The zero-order valence-corrected chi connectivity index (χ0v) is 7.18. The summed E-state index contributed by atoms with van der Waals surface area (Å²) in [6.07, 6.45) is -3.51. The Balaban J connectivity index is 2.63. The number of hydrogen-bond acceptors (Lipinski definition) is 6. The smallest absolute Gasteiger partial charge is 0.109 e. The maximum Gasteiger partial charge on any atom is 0.109 e. The Morgan fingerprint density at radius 2 is 1.67 bits per heavy atom. The summed E-state index contributed by atoms with van der Waals surface area (Å²) < 4.78 is 0. The SMILES string of the molecule is NC1S[C@H](CO)[C@@H](O)[C@H](O)[C@@H]1O. The molecule has 0 aromatic heterocycles. The van der Waals surface area contributed by atoms with Gasteiger partial charge in [-0.25, -0.2) is 0 Å². The van der Waals surface area contributed by atoms with E-state index in [-0.39, 0.29) is 6.61 Å². The highest BCUT2D eigenvalue weighted by atomic mass is 32.2. The maximum absolute atomic E-state index is 9.28. The third-order valence-electron chi connectivity index (χ3n) is 1.93. The molecule has 0 bridgehead atoms. The molecule has 0 aromatic carbocycles. The lowest BCUT2D eigenvalue weighted by molar-refractivity contribution is -0.0690. The Morgan fingerprint density at radius 1 is 1.08 bits per heavy atom. The molecule has 1 aliphatic heterocycles. The van der Waals surface area contributed by atoms with Crippen molar-refractivity contribution in [3.63, 3.8) is 0 Å². The predicted molar refractivity (Wildman–Crippen MR) is 44.5 cm³/mol. The van der Waals surface area contributed by atoms with Gasteiger partial charge in [0.1, 0.15) is 12.2 Å². The minimum atomic E-state index is -1.27. The van der Waals surface area contributed by atoms with Crippen molar-refractivity contribution >= 4 is 11.8 Å². The van der Waals surface area contributed by atoms with E-state index in [0.29, 0.717) is 0 Å². The molecule has 5 atom stereocenters. The molecule has 1 aliphatic rings. The summed E-state index contributed by atoms with van der Waals surface area (Å²) in [6.45, 7) is -0.261. The quantitative estimate of drug-likeness (QED) is 0.316. The molecule has 0 radical (unpaired) electrons. The molecule has 1 unspecified atom stereocenters. The molecule has 0 spiro atoms. The first-order valence-electron chi connectivity index (χ1n) is 3.64. The van der Waals surface area contributed by atoms with Crippen LogP contribution in [-0.4, -0.2) is 56.0 Å². The number of thioether (sulfide) groups is 1. The van der Waals surface area contributed by atoms with Crippen LogP contribution in [0.25, 0.3) is 0 Å². The Hall–Kier alpha value is 0.150. The lowest BCUT2D eigenvalue weighted by Gasteiger charge is -2.37. The van der Waals surface area contributed by atoms with E-state index in [0.717, 1.165) is 11.8 Å². The first-order chi connectivity index (χ1) is 5.57. The van der Waals surface area contributed by atoms with Crippen molar-refractivity contribution < 1.29 is 20.4 Å². The fraction of sp³-hybridized carbons (Fsp3) is 1.00. The summed E-state index contributed by atoms with van der Waals surface area (Å²) in [7, 11) is 0. The third-order valence-corrected chi connectivity index (χ3v) is 3.30. The normalized spacial score (nSPS) is 49.2. The topological polar surface area (TPSA) is 107 Å². The summed E-state index contributed by atoms with van der Waals surface area (Å²) in [4.78, 5) is 0. The second-order valence-electron chi connectivity index (χ2n) is 2.79. The van der Waals surface area contributed by atoms with Crippen LogP contribution >= 0.6 is 11.8 Å². The van der Waals surface area contributed by atoms with Crippen LogP contribution in [0.1, 0.15) is 0 Å². The van der Waals surface area contributed by atoms with E-state index in [1.54, 1.807) is 0 Å². The lowest BCUT2D eigenvalue weighted by atomic mass is 10.0. The van der Waals surface area contributed by atoms with Gasteiger partial charge in [0.2, 0.25) is 0 Å². The molecule has 0 amide bonds. The van der Waals surface area contributed by atoms with Crippen molar-refractivity contribution in [3.8, 4) is 0 Å². The summed E-state index contributed by atoms with van der Waals surface area (Å²) in [5, 5.41) is 35.3. The molecule has 0 aliphatic carbocycles. The summed E-state index contributed by atoms with van der Waals surface area (Å²) >= 11 is 1.07. The molecule has 6 N–H and O–H groups in total. The fourth-order valence-corrected chi connectivity index (χ4v) is 2.26. The molecule has 5 nitrogen and oxygen atoms in total. The van der Waals surface area contributed by atoms with Crippen LogP contribution < -0.4 is 5.73 Å². The molecule has 0 saturated carbocycles. The summed E-state index contributed by atoms with van der Waals surface area (Å²) in [6, 6.07) is 0. The molecule has 72 valence electrons. The minimum Gasteiger partial charge on any atom is -0.395 e. The largest absolute Gasteiger partial charge is 0.395 e. The van der Waals surface area contributed by atoms with Crippen LogP contribution in [0.15, 0.2) is 0 Å². The number of aliphatic hydroxyl groups excluding tert-OH is 4. The Labute approximate surface area is 74.2 Å². The maximum atomic E-state index is 9.28. The first-order valence-corrected chi connectivity index (χ1v) is 4.58. The zero-order valence-electron chi connectivity index (χ0n) is 6.37. The molecular weight excluding hydrogens is 182 g/mol. The fourth-order valence-electron chi connectivity index (χ4n) is 1.13. The van der Waals surface area contributed by atoms with Crippen LogP contribution in [0.3, 0.4) is 0 Å². The average molecular weight is 195 g/mol. The van der Waals surface area contributed by atoms with Gasteiger partial charge in [-0.05, 0) is 0 Å². The Morgan fingerprint density at radius 3 is 2.17 bits per heavy atom. The average Bonchev–Trinajstić information content (AvgIpc) is 2.08. The van der Waals surface area contributed by atoms with Gasteiger partial charge in [-0.15, -0.1) is 11.8 Å². The summed E-state index contributed by atoms with van der Waals surface area (Å²) in [5.74, 6) is 0. The van der Waals surface area contributed by atoms with Crippen molar-refractivity contribution in [2.45, 2.75) is 28.9 Å². The molecule has 1 fully saturated rings. The Kier molecular flexibility index (Phi) is 3.33. The van der Waals surface area contributed by atoms with Gasteiger partial charge in [0, 0.05) is 0 Å². The van der Waals surface area contributed by atoms with Crippen LogP contribution in [0.2, 0.25) is 0 Å². The molecule has 0 aromatic rings. The number of rotatable bonds is 1. The van der Waals surface area contributed by atoms with Gasteiger partial charge in [0.15, 0.2) is 0 Å². The number of aliphatic hydroxyl groups is 4. The molecule has 12 heavy (non-hydrogen) atoms. The second kappa shape index (κ2) is 3.91. The molecule has 1 rings (SSSR count). The molecule has 1 heterocycles. The molecular formula is C6H13NO4S. The second-order valence-corrected chi connectivity index (χ2v) is 4.22. The van der Waals surface area contributed by atoms with Crippen molar-refractivity contribution in [2.24, 2.45) is 5.73 Å². The Bertz CT molecular complexity index is 154. The highest BCUT2D eigenvalue weighted by molar-refractivity contribution is 8.00. The lowest BCUT2D eigenvalue weighted by Crippen LogP contribution is -2.56. The van der Waals surface area contributed by atoms with E-state index in [9.17, 15) is 15.3 Å². The van der Waals surface area contributed by atoms with E-state index in [4.69, 9.17) is 10.8 Å². The van der Waals surface area contributed by atoms with Crippen LogP contribution in [0.5, 0.6) is 0 Å². The van der Waals surface area contributed by atoms with E-state index < -0.39 is 28.9 Å². The van der Waals surface area contributed by atoms with Gasteiger partial charge in [0.25, 0.3) is 0 Å². The van der Waals surface area contributed by atoms with E-state index in [1.165, 1.54) is 0 Å². The molecule has 1 saturated heterocycles. The van der Waals surface area contributed by atoms with Gasteiger partial charge in [-0.3, -0.25) is 0 Å². The minimum absolute atomic E-state index is 0.261. The first kappa shape index (κ1) is 10.2.